The maximum Gasteiger partial charge on any atom is 0.435 e. The molecule has 1 aromatic carbocycles. The van der Waals surface area contributed by atoms with Crippen molar-refractivity contribution >= 4 is 34.6 Å². The van der Waals surface area contributed by atoms with Crippen molar-refractivity contribution in [2.75, 3.05) is 5.32 Å². The summed E-state index contributed by atoms with van der Waals surface area (Å²) in [6, 6.07) is 13.5. The molecule has 0 saturated carbocycles. The number of nitrogens with one attached hydrogen (secondary N) is 1. The Morgan fingerprint density at radius 1 is 0.902 bits per heavy atom. The number of anilines is 2. The van der Waals surface area contributed by atoms with Gasteiger partial charge >= 0.3 is 12.2 Å². The van der Waals surface area contributed by atoms with E-state index in [-0.39, 0.29) is 0 Å². The molecular formula is C30H33N7O4. The normalized spacial score (nSPS) is 12.0. The van der Waals surface area contributed by atoms with Crippen LogP contribution in [0, 0.1) is 0 Å². The van der Waals surface area contributed by atoms with E-state index in [1.54, 1.807) is 60.0 Å². The van der Waals surface area contributed by atoms with E-state index in [1.807, 2.05) is 47.3 Å². The fraction of sp³-hybridized carbons (Fsp3) is 0.300. The van der Waals surface area contributed by atoms with Gasteiger partial charge in [0, 0.05) is 47.5 Å². The predicted molar refractivity (Wildman–Crippen MR) is 155 cm³/mol. The molecule has 0 fully saturated rings. The topological polar surface area (TPSA) is 118 Å². The zero-order valence-electron chi connectivity index (χ0n) is 24.0. The standard InChI is InChI=1S/C30H33N7O4/c1-29(2,3)40-27(38)36-19-22(17-33-36)24-14-21-16-31-26(15-25(21)37(24)28(39)41-30(4,5)6)34-23-10-8-20(9-11-23)18-35-13-7-12-32-35/h7-17,19H,18H2,1-6H3,(H,31,34). The fourth-order valence-corrected chi connectivity index (χ4v) is 4.17. The number of hydrogen-bond donors (Lipinski definition) is 1. The summed E-state index contributed by atoms with van der Waals surface area (Å²) in [6.07, 6.45) is 7.22. The molecule has 5 aromatic rings. The van der Waals surface area contributed by atoms with Crippen molar-refractivity contribution in [2.45, 2.75) is 59.3 Å². The van der Waals surface area contributed by atoms with E-state index in [9.17, 15) is 9.59 Å². The molecule has 0 unspecified atom stereocenters. The van der Waals surface area contributed by atoms with Crippen LogP contribution in [0.5, 0.6) is 0 Å². The third-order valence-electron chi connectivity index (χ3n) is 5.85. The van der Waals surface area contributed by atoms with Crippen LogP contribution in [0.25, 0.3) is 22.2 Å². The zero-order chi connectivity index (χ0) is 29.4. The number of ether oxygens (including phenoxy) is 2. The number of rotatable bonds is 5. The quantitative estimate of drug-likeness (QED) is 0.263. The van der Waals surface area contributed by atoms with Gasteiger partial charge in [-0.3, -0.25) is 4.68 Å². The molecule has 1 N–H and O–H groups in total. The van der Waals surface area contributed by atoms with Gasteiger partial charge in [0.25, 0.3) is 0 Å². The molecule has 212 valence electrons. The first-order valence-corrected chi connectivity index (χ1v) is 13.2. The molecule has 4 aromatic heterocycles. The smallest absolute Gasteiger partial charge is 0.435 e. The Labute approximate surface area is 237 Å². The highest BCUT2D eigenvalue weighted by Crippen LogP contribution is 2.31. The van der Waals surface area contributed by atoms with Crippen LogP contribution in [0.3, 0.4) is 0 Å². The van der Waals surface area contributed by atoms with Crippen molar-refractivity contribution in [2.24, 2.45) is 0 Å². The van der Waals surface area contributed by atoms with Gasteiger partial charge in [-0.15, -0.1) is 0 Å². The highest BCUT2D eigenvalue weighted by atomic mass is 16.6. The van der Waals surface area contributed by atoms with Gasteiger partial charge in [-0.05, 0) is 71.4 Å². The van der Waals surface area contributed by atoms with Gasteiger partial charge in [0.05, 0.1) is 24.0 Å². The molecule has 5 rings (SSSR count). The second kappa shape index (κ2) is 10.6. The van der Waals surface area contributed by atoms with Crippen molar-refractivity contribution in [1.29, 1.82) is 0 Å². The van der Waals surface area contributed by atoms with E-state index in [0.717, 1.165) is 21.3 Å². The first-order chi connectivity index (χ1) is 19.3. The van der Waals surface area contributed by atoms with Crippen LogP contribution in [0.2, 0.25) is 0 Å². The van der Waals surface area contributed by atoms with Crippen molar-refractivity contribution in [3.63, 3.8) is 0 Å². The third kappa shape index (κ3) is 6.63. The van der Waals surface area contributed by atoms with Crippen molar-refractivity contribution in [1.82, 2.24) is 29.1 Å². The highest BCUT2D eigenvalue weighted by Gasteiger charge is 2.25. The Kier molecular flexibility index (Phi) is 7.12. The van der Waals surface area contributed by atoms with Crippen LogP contribution < -0.4 is 5.32 Å². The van der Waals surface area contributed by atoms with E-state index < -0.39 is 23.4 Å². The van der Waals surface area contributed by atoms with E-state index >= 15 is 0 Å². The molecule has 11 nitrogen and oxygen atoms in total. The number of aromatic nitrogens is 6. The predicted octanol–water partition coefficient (Wildman–Crippen LogP) is 6.45. The minimum Gasteiger partial charge on any atom is -0.443 e. The van der Waals surface area contributed by atoms with Gasteiger partial charge in [-0.2, -0.15) is 14.9 Å². The van der Waals surface area contributed by atoms with Crippen molar-refractivity contribution < 1.29 is 19.1 Å². The molecule has 0 aliphatic carbocycles. The Hall–Kier alpha value is -4.93. The molecule has 0 bridgehead atoms. The van der Waals surface area contributed by atoms with Crippen LogP contribution in [0.15, 0.2) is 73.4 Å². The lowest BCUT2D eigenvalue weighted by Crippen LogP contribution is -2.27. The Morgan fingerprint density at radius 3 is 2.27 bits per heavy atom. The first-order valence-electron chi connectivity index (χ1n) is 13.2. The third-order valence-corrected chi connectivity index (χ3v) is 5.85. The molecule has 0 aliphatic rings. The maximum atomic E-state index is 13.5. The largest absolute Gasteiger partial charge is 0.443 e. The molecular weight excluding hydrogens is 522 g/mol. The average molecular weight is 556 g/mol. The lowest BCUT2D eigenvalue weighted by Gasteiger charge is -2.21. The van der Waals surface area contributed by atoms with Gasteiger partial charge in [0.1, 0.15) is 17.0 Å². The van der Waals surface area contributed by atoms with Crippen LogP contribution in [-0.4, -0.2) is 52.5 Å². The highest BCUT2D eigenvalue weighted by molar-refractivity contribution is 5.97. The summed E-state index contributed by atoms with van der Waals surface area (Å²) in [5, 5.41) is 12.4. The maximum absolute atomic E-state index is 13.5. The molecule has 0 amide bonds. The molecule has 0 saturated heterocycles. The number of hydrogen-bond acceptors (Lipinski definition) is 8. The molecule has 0 aliphatic heterocycles. The van der Waals surface area contributed by atoms with E-state index in [0.29, 0.717) is 29.1 Å². The summed E-state index contributed by atoms with van der Waals surface area (Å²) in [4.78, 5) is 30.6. The van der Waals surface area contributed by atoms with E-state index in [1.165, 1.54) is 17.0 Å². The molecule has 0 radical (unpaired) electrons. The monoisotopic (exact) mass is 555 g/mol. The number of nitrogens with zero attached hydrogens (tertiary/aromatic N) is 6. The minimum atomic E-state index is -0.725. The molecule has 11 heteroatoms. The lowest BCUT2D eigenvalue weighted by molar-refractivity contribution is 0.0512. The summed E-state index contributed by atoms with van der Waals surface area (Å²) in [6.45, 7) is 11.4. The van der Waals surface area contributed by atoms with Crippen molar-refractivity contribution in [3.8, 4) is 11.3 Å². The van der Waals surface area contributed by atoms with Gasteiger partial charge in [0.2, 0.25) is 0 Å². The van der Waals surface area contributed by atoms with Crippen LogP contribution >= 0.6 is 0 Å². The van der Waals surface area contributed by atoms with Gasteiger partial charge in [-0.25, -0.2) is 19.1 Å². The molecule has 4 heterocycles. The van der Waals surface area contributed by atoms with Gasteiger partial charge < -0.3 is 14.8 Å². The van der Waals surface area contributed by atoms with Crippen LogP contribution in [0.4, 0.5) is 21.1 Å². The number of carbonyl (C=O) groups is 2. The number of pyridine rings is 1. The lowest BCUT2D eigenvalue weighted by atomic mass is 10.2. The number of benzene rings is 1. The summed E-state index contributed by atoms with van der Waals surface area (Å²) in [5.74, 6) is 0.552. The Bertz CT molecular complexity index is 1690. The molecule has 41 heavy (non-hydrogen) atoms. The molecule has 0 spiro atoms. The van der Waals surface area contributed by atoms with Crippen molar-refractivity contribution in [3.05, 3.63) is 79.0 Å². The van der Waals surface area contributed by atoms with E-state index in [2.05, 4.69) is 20.5 Å². The first kappa shape index (κ1) is 27.6. The summed E-state index contributed by atoms with van der Waals surface area (Å²) >= 11 is 0. The minimum absolute atomic E-state index is 0.506. The van der Waals surface area contributed by atoms with E-state index in [4.69, 9.17) is 9.47 Å². The average Bonchev–Trinajstić information content (AvgIpc) is 3.63. The molecule has 0 atom stereocenters. The van der Waals surface area contributed by atoms with Gasteiger partial charge in [-0.1, -0.05) is 12.1 Å². The van der Waals surface area contributed by atoms with Crippen LogP contribution in [-0.2, 0) is 16.0 Å². The number of carbonyl (C=O) groups excluding carboxylic acids is 2. The zero-order valence-corrected chi connectivity index (χ0v) is 24.0. The van der Waals surface area contributed by atoms with Gasteiger partial charge in [0.15, 0.2) is 0 Å². The van der Waals surface area contributed by atoms with Crippen LogP contribution in [0.1, 0.15) is 47.1 Å². The second-order valence-corrected chi connectivity index (χ2v) is 11.7. The SMILES string of the molecule is CC(C)(C)OC(=O)n1cc(-c2cc3cnc(Nc4ccc(Cn5cccn5)cc4)cc3n2C(=O)OC(C)(C)C)cn1. The summed E-state index contributed by atoms with van der Waals surface area (Å²) in [7, 11) is 0. The Balaban J connectivity index is 1.47. The summed E-state index contributed by atoms with van der Waals surface area (Å²) in [5.41, 5.74) is 2.19. The Morgan fingerprint density at radius 2 is 1.61 bits per heavy atom. The summed E-state index contributed by atoms with van der Waals surface area (Å²) < 4.78 is 15.6. The number of fused-ring (bicyclic) bond motifs is 1. The fourth-order valence-electron chi connectivity index (χ4n) is 4.17. The second-order valence-electron chi connectivity index (χ2n) is 11.7.